The largest absolute Gasteiger partial charge is 0.382 e. The summed E-state index contributed by atoms with van der Waals surface area (Å²) in [5.74, 6) is 0.139. The number of H-pyrrole nitrogens is 1. The first kappa shape index (κ1) is 21.0. The van der Waals surface area contributed by atoms with E-state index in [1.807, 2.05) is 31.1 Å². The highest BCUT2D eigenvalue weighted by molar-refractivity contribution is 5.95. The Bertz CT molecular complexity index is 1330. The number of likely N-dealkylation sites (tertiary alicyclic amines) is 1. The highest BCUT2D eigenvalue weighted by Crippen LogP contribution is 2.27. The summed E-state index contributed by atoms with van der Waals surface area (Å²) in [6.45, 7) is 1.49. The third-order valence-corrected chi connectivity index (χ3v) is 6.10. The minimum absolute atomic E-state index is 0.0271. The van der Waals surface area contributed by atoms with Crippen molar-refractivity contribution < 1.29 is 9.18 Å². The SMILES string of the molecule is CN(C)[C@@H]1CCN(C(=O)c2ccc(-c3cnc(N)c(-c4nc5c(F)cccc5[nH]4)n3)cc2)C1. The van der Waals surface area contributed by atoms with Crippen LogP contribution in [-0.4, -0.2) is 68.9 Å². The molecule has 0 bridgehead atoms. The van der Waals surface area contributed by atoms with Gasteiger partial charge in [0.1, 0.15) is 11.2 Å². The monoisotopic (exact) mass is 445 g/mol. The third-order valence-electron chi connectivity index (χ3n) is 6.10. The molecule has 0 unspecified atom stereocenters. The molecule has 0 aliphatic carbocycles. The van der Waals surface area contributed by atoms with Crippen molar-refractivity contribution in [2.75, 3.05) is 32.9 Å². The molecule has 168 valence electrons. The number of halogens is 1. The molecule has 1 aliphatic heterocycles. The summed E-state index contributed by atoms with van der Waals surface area (Å²) in [5, 5.41) is 0. The van der Waals surface area contributed by atoms with Gasteiger partial charge in [0.25, 0.3) is 5.91 Å². The highest BCUT2D eigenvalue weighted by atomic mass is 19.1. The number of carbonyl (C=O) groups excluding carboxylic acids is 1. The van der Waals surface area contributed by atoms with Crippen molar-refractivity contribution in [2.24, 2.45) is 0 Å². The molecule has 8 nitrogen and oxygen atoms in total. The van der Waals surface area contributed by atoms with Crippen molar-refractivity contribution in [1.82, 2.24) is 29.7 Å². The first-order chi connectivity index (χ1) is 15.9. The molecule has 0 radical (unpaired) electrons. The van der Waals surface area contributed by atoms with Gasteiger partial charge in [0, 0.05) is 30.3 Å². The zero-order chi connectivity index (χ0) is 23.1. The Labute approximate surface area is 190 Å². The van der Waals surface area contributed by atoms with Gasteiger partial charge in [0.05, 0.1) is 17.4 Å². The third kappa shape index (κ3) is 3.91. The van der Waals surface area contributed by atoms with Gasteiger partial charge in [-0.05, 0) is 44.8 Å². The number of nitrogens with two attached hydrogens (primary N) is 1. The van der Waals surface area contributed by atoms with E-state index in [0.717, 1.165) is 25.1 Å². The molecular formula is C24H24FN7O. The number of amides is 1. The number of carbonyl (C=O) groups is 1. The molecular weight excluding hydrogens is 421 g/mol. The molecule has 1 fully saturated rings. The molecule has 5 rings (SSSR count). The number of para-hydroxylation sites is 1. The fourth-order valence-electron chi connectivity index (χ4n) is 4.13. The van der Waals surface area contributed by atoms with Crippen LogP contribution in [-0.2, 0) is 0 Å². The molecule has 1 saturated heterocycles. The highest BCUT2D eigenvalue weighted by Gasteiger charge is 2.28. The second kappa shape index (κ2) is 8.25. The van der Waals surface area contributed by atoms with Crippen molar-refractivity contribution in [3.8, 4) is 22.8 Å². The number of nitrogen functional groups attached to an aromatic ring is 1. The maximum Gasteiger partial charge on any atom is 0.253 e. The van der Waals surface area contributed by atoms with Crippen molar-refractivity contribution in [1.29, 1.82) is 0 Å². The van der Waals surface area contributed by atoms with Crippen LogP contribution in [0, 0.1) is 5.82 Å². The first-order valence-corrected chi connectivity index (χ1v) is 10.7. The Morgan fingerprint density at radius 3 is 2.67 bits per heavy atom. The summed E-state index contributed by atoms with van der Waals surface area (Å²) in [6.07, 6.45) is 2.55. The summed E-state index contributed by atoms with van der Waals surface area (Å²) in [7, 11) is 4.08. The Balaban J connectivity index is 1.41. The van der Waals surface area contributed by atoms with Crippen LogP contribution < -0.4 is 5.73 Å². The lowest BCUT2D eigenvalue weighted by molar-refractivity contribution is 0.0783. The van der Waals surface area contributed by atoms with Crippen LogP contribution in [0.2, 0.25) is 0 Å². The van der Waals surface area contributed by atoms with Crippen LogP contribution in [0.4, 0.5) is 10.2 Å². The standard InChI is InChI=1S/C24H24FN7O/c1-31(2)16-10-11-32(13-16)24(33)15-8-6-14(7-9-15)19-12-27-22(26)21(28-19)23-29-18-5-3-4-17(25)20(18)30-23/h3-9,12,16H,10-11,13H2,1-2H3,(H2,26,27)(H,29,30)/t16-/m1/s1. The fraction of sp³-hybridized carbons (Fsp3) is 0.250. The van der Waals surface area contributed by atoms with Crippen LogP contribution >= 0.6 is 0 Å². The number of hydrogen-bond acceptors (Lipinski definition) is 6. The van der Waals surface area contributed by atoms with Gasteiger partial charge in [-0.3, -0.25) is 4.79 Å². The van der Waals surface area contributed by atoms with Crippen molar-refractivity contribution in [3.63, 3.8) is 0 Å². The van der Waals surface area contributed by atoms with Crippen molar-refractivity contribution >= 4 is 22.8 Å². The number of nitrogens with zero attached hydrogens (tertiary/aromatic N) is 5. The van der Waals surface area contributed by atoms with Gasteiger partial charge in [-0.25, -0.2) is 19.3 Å². The summed E-state index contributed by atoms with van der Waals surface area (Å²) in [6, 6.07) is 12.4. The summed E-state index contributed by atoms with van der Waals surface area (Å²) >= 11 is 0. The average molecular weight is 446 g/mol. The Morgan fingerprint density at radius 2 is 1.97 bits per heavy atom. The number of nitrogens with one attached hydrogen (secondary N) is 1. The van der Waals surface area contributed by atoms with Crippen LogP contribution in [0.3, 0.4) is 0 Å². The first-order valence-electron chi connectivity index (χ1n) is 10.7. The second-order valence-electron chi connectivity index (χ2n) is 8.45. The number of rotatable bonds is 4. The van der Waals surface area contributed by atoms with Gasteiger partial charge in [-0.2, -0.15) is 0 Å². The lowest BCUT2D eigenvalue weighted by Crippen LogP contribution is -2.34. The van der Waals surface area contributed by atoms with Crippen molar-refractivity contribution in [2.45, 2.75) is 12.5 Å². The quantitative estimate of drug-likeness (QED) is 0.500. The lowest BCUT2D eigenvalue weighted by atomic mass is 10.1. The van der Waals surface area contributed by atoms with E-state index in [4.69, 9.17) is 5.73 Å². The smallest absolute Gasteiger partial charge is 0.253 e. The number of fused-ring (bicyclic) bond motifs is 1. The van der Waals surface area contributed by atoms with Crippen LogP contribution in [0.15, 0.2) is 48.7 Å². The summed E-state index contributed by atoms with van der Waals surface area (Å²) in [5.41, 5.74) is 9.16. The topological polar surface area (TPSA) is 104 Å². The van der Waals surface area contributed by atoms with E-state index < -0.39 is 5.82 Å². The average Bonchev–Trinajstić information content (AvgIpc) is 3.48. The van der Waals surface area contributed by atoms with Crippen molar-refractivity contribution in [3.05, 3.63) is 60.0 Å². The number of aromatic nitrogens is 4. The minimum Gasteiger partial charge on any atom is -0.382 e. The summed E-state index contributed by atoms with van der Waals surface area (Å²) < 4.78 is 14.1. The minimum atomic E-state index is -0.423. The van der Waals surface area contributed by atoms with Gasteiger partial charge >= 0.3 is 0 Å². The fourth-order valence-corrected chi connectivity index (χ4v) is 4.13. The maximum absolute atomic E-state index is 14.1. The van der Waals surface area contributed by atoms with Gasteiger partial charge in [0.2, 0.25) is 0 Å². The molecule has 2 aromatic carbocycles. The molecule has 1 amide bonds. The molecule has 1 aliphatic rings. The Morgan fingerprint density at radius 1 is 1.18 bits per heavy atom. The number of hydrogen-bond donors (Lipinski definition) is 2. The Kier molecular flexibility index (Phi) is 5.26. The predicted octanol–water partition coefficient (Wildman–Crippen LogP) is 3.18. The van der Waals surface area contributed by atoms with Crippen LogP contribution in [0.1, 0.15) is 16.8 Å². The zero-order valence-corrected chi connectivity index (χ0v) is 18.4. The molecule has 0 saturated carbocycles. The second-order valence-corrected chi connectivity index (χ2v) is 8.45. The molecule has 2 aromatic heterocycles. The molecule has 9 heteroatoms. The number of likely N-dealkylation sites (N-methyl/N-ethyl adjacent to an activating group) is 1. The molecule has 33 heavy (non-hydrogen) atoms. The van der Waals surface area contributed by atoms with E-state index >= 15 is 0 Å². The van der Waals surface area contributed by atoms with E-state index in [-0.39, 0.29) is 17.2 Å². The normalized spacial score (nSPS) is 16.1. The van der Waals surface area contributed by atoms with E-state index in [1.54, 1.807) is 30.5 Å². The number of anilines is 1. The predicted molar refractivity (Wildman–Crippen MR) is 125 cm³/mol. The van der Waals surface area contributed by atoms with Gasteiger partial charge in [-0.1, -0.05) is 18.2 Å². The molecule has 1 atom stereocenters. The van der Waals surface area contributed by atoms with E-state index in [2.05, 4.69) is 24.8 Å². The summed E-state index contributed by atoms with van der Waals surface area (Å²) in [4.78, 5) is 33.2. The van der Waals surface area contributed by atoms with E-state index in [1.165, 1.54) is 6.07 Å². The van der Waals surface area contributed by atoms with Crippen LogP contribution in [0.5, 0.6) is 0 Å². The molecule has 3 N–H and O–H groups in total. The van der Waals surface area contributed by atoms with Gasteiger partial charge in [-0.15, -0.1) is 0 Å². The zero-order valence-electron chi connectivity index (χ0n) is 18.4. The number of imidazole rings is 1. The van der Waals surface area contributed by atoms with E-state index in [0.29, 0.717) is 34.3 Å². The Hall–Kier alpha value is -3.85. The number of benzene rings is 2. The van der Waals surface area contributed by atoms with Gasteiger partial charge < -0.3 is 20.5 Å². The van der Waals surface area contributed by atoms with Gasteiger partial charge in [0.15, 0.2) is 17.5 Å². The number of aromatic amines is 1. The van der Waals surface area contributed by atoms with Crippen LogP contribution in [0.25, 0.3) is 33.8 Å². The maximum atomic E-state index is 14.1. The lowest BCUT2D eigenvalue weighted by Gasteiger charge is -2.20. The molecule has 3 heterocycles. The van der Waals surface area contributed by atoms with E-state index in [9.17, 15) is 9.18 Å². The molecule has 4 aromatic rings. The molecule has 0 spiro atoms.